The van der Waals surface area contributed by atoms with Gasteiger partial charge in [-0.05, 0) is 46.3 Å². The van der Waals surface area contributed by atoms with Crippen LogP contribution in [0.4, 0.5) is 11.4 Å². The van der Waals surface area contributed by atoms with Gasteiger partial charge in [0.05, 0.1) is 19.4 Å². The van der Waals surface area contributed by atoms with Crippen LogP contribution in [0.1, 0.15) is 10.4 Å². The molecule has 21 heavy (non-hydrogen) atoms. The first-order valence-corrected chi connectivity index (χ1v) is 7.13. The molecule has 0 heterocycles. The van der Waals surface area contributed by atoms with Gasteiger partial charge in [-0.3, -0.25) is 14.9 Å². The average molecular weight is 390 g/mol. The summed E-state index contributed by atoms with van der Waals surface area (Å²) in [6.07, 6.45) is 0. The monoisotopic (exact) mass is 388 g/mol. The van der Waals surface area contributed by atoms with Crippen molar-refractivity contribution in [2.24, 2.45) is 0 Å². The van der Waals surface area contributed by atoms with Gasteiger partial charge in [-0.25, -0.2) is 0 Å². The Labute approximate surface area is 138 Å². The molecule has 0 radical (unpaired) electrons. The van der Waals surface area contributed by atoms with E-state index in [9.17, 15) is 14.9 Å². The average Bonchev–Trinajstić information content (AvgIpc) is 2.43. The lowest BCUT2D eigenvalue weighted by Crippen LogP contribution is -2.12. The number of halogens is 3. The number of anilines is 1. The van der Waals surface area contributed by atoms with E-state index in [1.165, 1.54) is 24.3 Å². The Balaban J connectivity index is 2.26. The molecular formula is C13H7BrCl2N2O3. The summed E-state index contributed by atoms with van der Waals surface area (Å²) in [5.41, 5.74) is 0.424. The van der Waals surface area contributed by atoms with Crippen LogP contribution in [-0.4, -0.2) is 10.8 Å². The minimum Gasteiger partial charge on any atom is -0.322 e. The highest BCUT2D eigenvalue weighted by Crippen LogP contribution is 2.27. The lowest BCUT2D eigenvalue weighted by Gasteiger charge is -2.06. The predicted octanol–water partition coefficient (Wildman–Crippen LogP) is 4.92. The minimum atomic E-state index is -0.569. The summed E-state index contributed by atoms with van der Waals surface area (Å²) in [5.74, 6) is -0.482. The number of nitrogens with one attached hydrogen (secondary N) is 1. The van der Waals surface area contributed by atoms with Crippen molar-refractivity contribution in [1.82, 2.24) is 0 Å². The summed E-state index contributed by atoms with van der Waals surface area (Å²) in [4.78, 5) is 22.4. The molecule has 0 saturated carbocycles. The van der Waals surface area contributed by atoms with Gasteiger partial charge >= 0.3 is 0 Å². The van der Waals surface area contributed by atoms with Crippen LogP contribution >= 0.6 is 39.1 Å². The van der Waals surface area contributed by atoms with Crippen LogP contribution in [0.3, 0.4) is 0 Å². The molecule has 0 fully saturated rings. The topological polar surface area (TPSA) is 72.2 Å². The summed E-state index contributed by atoms with van der Waals surface area (Å²) in [7, 11) is 0. The Morgan fingerprint density at radius 1 is 1.14 bits per heavy atom. The summed E-state index contributed by atoms with van der Waals surface area (Å²) in [6.45, 7) is 0. The third-order valence-electron chi connectivity index (χ3n) is 2.58. The van der Waals surface area contributed by atoms with E-state index < -0.39 is 10.8 Å². The first-order chi connectivity index (χ1) is 9.88. The largest absolute Gasteiger partial charge is 0.322 e. The number of nitro groups is 1. The highest BCUT2D eigenvalue weighted by Gasteiger charge is 2.16. The van der Waals surface area contributed by atoms with Crippen LogP contribution in [0.5, 0.6) is 0 Å². The second-order valence-corrected chi connectivity index (χ2v) is 5.68. The normalized spacial score (nSPS) is 10.2. The zero-order chi connectivity index (χ0) is 15.6. The number of amides is 1. The van der Waals surface area contributed by atoms with Gasteiger partial charge in [-0.15, -0.1) is 0 Å². The second kappa shape index (κ2) is 6.43. The van der Waals surface area contributed by atoms with Crippen molar-refractivity contribution in [2.45, 2.75) is 0 Å². The number of nitrogens with zero attached hydrogens (tertiary/aromatic N) is 1. The van der Waals surface area contributed by atoms with Crippen LogP contribution in [-0.2, 0) is 0 Å². The Hall–Kier alpha value is -1.63. The third-order valence-corrected chi connectivity index (χ3v) is 3.99. The van der Waals surface area contributed by atoms with Gasteiger partial charge in [-0.2, -0.15) is 0 Å². The number of carbonyl (C=O) groups excluding carboxylic acids is 1. The lowest BCUT2D eigenvalue weighted by atomic mass is 10.2. The molecule has 0 aliphatic rings. The van der Waals surface area contributed by atoms with Crippen LogP contribution in [0.15, 0.2) is 40.9 Å². The molecule has 2 aromatic carbocycles. The van der Waals surface area contributed by atoms with E-state index in [1.54, 1.807) is 12.1 Å². The molecule has 0 saturated heterocycles. The molecular weight excluding hydrogens is 383 g/mol. The van der Waals surface area contributed by atoms with E-state index in [0.29, 0.717) is 20.2 Å². The van der Waals surface area contributed by atoms with Gasteiger partial charge in [0.15, 0.2) is 0 Å². The Bertz CT molecular complexity index is 737. The third kappa shape index (κ3) is 3.72. The van der Waals surface area contributed by atoms with Crippen molar-refractivity contribution in [3.05, 3.63) is 66.6 Å². The highest BCUT2D eigenvalue weighted by atomic mass is 79.9. The Kier molecular flexibility index (Phi) is 4.82. The van der Waals surface area contributed by atoms with Crippen molar-refractivity contribution >= 4 is 56.4 Å². The molecule has 2 aromatic rings. The highest BCUT2D eigenvalue weighted by molar-refractivity contribution is 9.10. The minimum absolute atomic E-state index is 0.163. The van der Waals surface area contributed by atoms with Crippen LogP contribution in [0.25, 0.3) is 0 Å². The van der Waals surface area contributed by atoms with Gasteiger partial charge in [0.25, 0.3) is 11.6 Å². The van der Waals surface area contributed by atoms with Gasteiger partial charge < -0.3 is 5.32 Å². The maximum Gasteiger partial charge on any atom is 0.284 e. The van der Waals surface area contributed by atoms with Crippen molar-refractivity contribution in [3.8, 4) is 0 Å². The van der Waals surface area contributed by atoms with Crippen LogP contribution in [0, 0.1) is 10.1 Å². The van der Waals surface area contributed by atoms with Gasteiger partial charge in [0.1, 0.15) is 0 Å². The van der Waals surface area contributed by atoms with Crippen molar-refractivity contribution in [1.29, 1.82) is 0 Å². The molecule has 0 spiro atoms. The number of hydrogen-bond donors (Lipinski definition) is 1. The van der Waals surface area contributed by atoms with E-state index in [0.717, 1.165) is 0 Å². The number of benzene rings is 2. The Morgan fingerprint density at radius 2 is 1.86 bits per heavy atom. The molecule has 1 N–H and O–H groups in total. The molecule has 0 aliphatic carbocycles. The van der Waals surface area contributed by atoms with Crippen molar-refractivity contribution in [2.75, 3.05) is 5.32 Å². The maximum atomic E-state index is 12.1. The van der Waals surface area contributed by atoms with Crippen LogP contribution < -0.4 is 5.32 Å². The van der Waals surface area contributed by atoms with Gasteiger partial charge in [0, 0.05) is 17.3 Å². The fourth-order valence-corrected chi connectivity index (χ4v) is 2.26. The first kappa shape index (κ1) is 15.8. The van der Waals surface area contributed by atoms with Gasteiger partial charge in [0.2, 0.25) is 0 Å². The number of carbonyl (C=O) groups is 1. The van der Waals surface area contributed by atoms with E-state index >= 15 is 0 Å². The Morgan fingerprint density at radius 3 is 2.48 bits per heavy atom. The molecule has 8 heteroatoms. The van der Waals surface area contributed by atoms with E-state index in [4.69, 9.17) is 23.2 Å². The molecule has 5 nitrogen and oxygen atoms in total. The lowest BCUT2D eigenvalue weighted by molar-refractivity contribution is -0.385. The van der Waals surface area contributed by atoms with Crippen LogP contribution in [0.2, 0.25) is 10.0 Å². The fraction of sp³-hybridized carbons (Fsp3) is 0. The molecule has 0 atom stereocenters. The van der Waals surface area contributed by atoms with E-state index in [1.807, 2.05) is 0 Å². The maximum absolute atomic E-state index is 12.1. The van der Waals surface area contributed by atoms with Crippen molar-refractivity contribution in [3.63, 3.8) is 0 Å². The van der Waals surface area contributed by atoms with E-state index in [2.05, 4.69) is 21.2 Å². The number of hydrogen-bond acceptors (Lipinski definition) is 3. The first-order valence-electron chi connectivity index (χ1n) is 5.59. The number of nitro benzene ring substituents is 1. The van der Waals surface area contributed by atoms with Gasteiger partial charge in [-0.1, -0.05) is 23.2 Å². The van der Waals surface area contributed by atoms with E-state index in [-0.39, 0.29) is 11.3 Å². The molecule has 108 valence electrons. The SMILES string of the molecule is O=C(Nc1ccc(Cl)c(Cl)c1)c1ccc(Br)c([N+](=O)[O-])c1. The summed E-state index contributed by atoms with van der Waals surface area (Å²) < 4.78 is 0.304. The summed E-state index contributed by atoms with van der Waals surface area (Å²) >= 11 is 14.7. The molecule has 1 amide bonds. The molecule has 0 bridgehead atoms. The fourth-order valence-electron chi connectivity index (χ4n) is 1.57. The summed E-state index contributed by atoms with van der Waals surface area (Å²) in [6, 6.07) is 8.74. The molecule has 0 unspecified atom stereocenters. The molecule has 0 aliphatic heterocycles. The molecule has 2 rings (SSSR count). The van der Waals surface area contributed by atoms with Crippen molar-refractivity contribution < 1.29 is 9.72 Å². The smallest absolute Gasteiger partial charge is 0.284 e. The zero-order valence-electron chi connectivity index (χ0n) is 10.3. The molecule has 0 aromatic heterocycles. The summed E-state index contributed by atoms with van der Waals surface area (Å²) in [5, 5.41) is 14.1. The zero-order valence-corrected chi connectivity index (χ0v) is 13.4. The second-order valence-electron chi connectivity index (χ2n) is 4.01. The standard InChI is InChI=1S/C13H7BrCl2N2O3/c14-9-3-1-7(5-12(9)18(20)21)13(19)17-8-2-4-10(15)11(16)6-8/h1-6H,(H,17,19). The quantitative estimate of drug-likeness (QED) is 0.598. The number of rotatable bonds is 3. The predicted molar refractivity (Wildman–Crippen MR) is 85.2 cm³/mol.